The number of aliphatic imine (C=N–C) groups is 1. The highest BCUT2D eigenvalue weighted by molar-refractivity contribution is 7.90. The Morgan fingerprint density at radius 2 is 1.79 bits per heavy atom. The van der Waals surface area contributed by atoms with Gasteiger partial charge in [-0.3, -0.25) is 9.71 Å². The molecule has 0 saturated heterocycles. The number of carbonyl (C=O) groups is 1. The molecule has 0 unspecified atom stereocenters. The maximum atomic E-state index is 12.1. The zero-order valence-corrected chi connectivity index (χ0v) is 13.8. The molecule has 0 amide bonds. The van der Waals surface area contributed by atoms with Crippen molar-refractivity contribution >= 4 is 21.8 Å². The molecule has 7 heteroatoms. The number of esters is 1. The molecule has 1 atom stereocenters. The first-order valence-corrected chi connectivity index (χ1v) is 8.81. The highest BCUT2D eigenvalue weighted by Gasteiger charge is 2.32. The van der Waals surface area contributed by atoms with Gasteiger partial charge in [0.05, 0.1) is 12.0 Å². The van der Waals surface area contributed by atoms with Crippen LogP contribution in [0.4, 0.5) is 0 Å². The van der Waals surface area contributed by atoms with Gasteiger partial charge in [-0.05, 0) is 17.7 Å². The summed E-state index contributed by atoms with van der Waals surface area (Å²) in [6, 6.07) is 15.1. The van der Waals surface area contributed by atoms with Crippen molar-refractivity contribution in [3.8, 4) is 0 Å². The normalized spacial score (nSPS) is 17.8. The van der Waals surface area contributed by atoms with E-state index in [9.17, 15) is 13.2 Å². The Hall–Kier alpha value is -2.67. The van der Waals surface area contributed by atoms with Crippen molar-refractivity contribution in [2.45, 2.75) is 17.4 Å². The summed E-state index contributed by atoms with van der Waals surface area (Å²) in [6.07, 6.45) is 0.320. The van der Waals surface area contributed by atoms with Gasteiger partial charge in [0.2, 0.25) is 0 Å². The first kappa shape index (κ1) is 16.2. The molecule has 0 radical (unpaired) electrons. The van der Waals surface area contributed by atoms with E-state index in [-0.39, 0.29) is 10.7 Å². The number of amidine groups is 1. The number of hydrogen-bond donors (Lipinski definition) is 1. The third-order valence-corrected chi connectivity index (χ3v) is 5.09. The smallest absolute Gasteiger partial charge is 0.331 e. The number of rotatable bonds is 4. The van der Waals surface area contributed by atoms with E-state index in [0.717, 1.165) is 5.56 Å². The number of hydrogen-bond acceptors (Lipinski definition) is 5. The van der Waals surface area contributed by atoms with Crippen LogP contribution in [0.5, 0.6) is 0 Å². The van der Waals surface area contributed by atoms with Gasteiger partial charge < -0.3 is 4.74 Å². The summed E-state index contributed by atoms with van der Waals surface area (Å²) >= 11 is 0. The van der Waals surface area contributed by atoms with E-state index in [1.165, 1.54) is 13.2 Å². The second-order valence-corrected chi connectivity index (χ2v) is 6.96. The average molecular weight is 344 g/mol. The molecule has 0 fully saturated rings. The summed E-state index contributed by atoms with van der Waals surface area (Å²) in [4.78, 5) is 16.6. The van der Waals surface area contributed by atoms with Crippen molar-refractivity contribution < 1.29 is 17.9 Å². The molecule has 0 aliphatic carbocycles. The second-order valence-electron chi connectivity index (χ2n) is 5.31. The Morgan fingerprint density at radius 3 is 2.50 bits per heavy atom. The van der Waals surface area contributed by atoms with Crippen LogP contribution in [0.25, 0.3) is 0 Å². The van der Waals surface area contributed by atoms with Gasteiger partial charge in [0.1, 0.15) is 5.84 Å². The van der Waals surface area contributed by atoms with E-state index in [1.807, 2.05) is 30.3 Å². The SMILES string of the molecule is COC(=O)[C@H](Cc1ccccc1)N=C1NS(=O)(=O)c2ccccc21. The van der Waals surface area contributed by atoms with E-state index >= 15 is 0 Å². The van der Waals surface area contributed by atoms with E-state index < -0.39 is 22.0 Å². The minimum Gasteiger partial charge on any atom is -0.467 e. The summed E-state index contributed by atoms with van der Waals surface area (Å²) in [5.41, 5.74) is 1.37. The molecule has 1 aliphatic heterocycles. The van der Waals surface area contributed by atoms with E-state index in [0.29, 0.717) is 12.0 Å². The van der Waals surface area contributed by atoms with Crippen LogP contribution in [0.15, 0.2) is 64.5 Å². The lowest BCUT2D eigenvalue weighted by atomic mass is 10.1. The number of ether oxygens (including phenoxy) is 1. The number of fused-ring (bicyclic) bond motifs is 1. The summed E-state index contributed by atoms with van der Waals surface area (Å²) in [6.45, 7) is 0. The molecule has 2 aromatic rings. The predicted octanol–water partition coefficient (Wildman–Crippen LogP) is 1.51. The lowest BCUT2D eigenvalue weighted by Gasteiger charge is -2.11. The molecule has 124 valence electrons. The largest absolute Gasteiger partial charge is 0.467 e. The summed E-state index contributed by atoms with van der Waals surface area (Å²) in [5, 5.41) is 0. The molecule has 1 aliphatic rings. The standard InChI is InChI=1S/C17H16N2O4S/c1-23-17(20)14(11-12-7-3-2-4-8-12)18-16-13-9-5-6-10-15(13)24(21,22)19-16/h2-10,14H,11H2,1H3,(H,18,19)/t14-/m0/s1. The highest BCUT2D eigenvalue weighted by Crippen LogP contribution is 2.23. The van der Waals surface area contributed by atoms with Gasteiger partial charge in [-0.25, -0.2) is 13.2 Å². The summed E-state index contributed by atoms with van der Waals surface area (Å²) in [7, 11) is -2.35. The summed E-state index contributed by atoms with van der Waals surface area (Å²) in [5.74, 6) is -0.355. The molecule has 0 saturated carbocycles. The Labute approximate surface area is 140 Å². The van der Waals surface area contributed by atoms with Crippen LogP contribution in [0.2, 0.25) is 0 Å². The minimum absolute atomic E-state index is 0.159. The lowest BCUT2D eigenvalue weighted by Crippen LogP contribution is -2.29. The molecule has 3 rings (SSSR count). The van der Waals surface area contributed by atoms with E-state index in [1.54, 1.807) is 18.2 Å². The van der Waals surface area contributed by atoms with E-state index in [4.69, 9.17) is 4.74 Å². The lowest BCUT2D eigenvalue weighted by molar-refractivity contribution is -0.142. The third kappa shape index (κ3) is 3.16. The van der Waals surface area contributed by atoms with Crippen molar-refractivity contribution in [2.75, 3.05) is 7.11 Å². The fourth-order valence-electron chi connectivity index (χ4n) is 2.54. The van der Waals surface area contributed by atoms with Gasteiger partial charge in [-0.1, -0.05) is 42.5 Å². The fourth-order valence-corrected chi connectivity index (χ4v) is 3.78. The van der Waals surface area contributed by atoms with E-state index in [2.05, 4.69) is 9.71 Å². The quantitative estimate of drug-likeness (QED) is 0.852. The minimum atomic E-state index is -3.64. The number of carbonyl (C=O) groups excluding carboxylic acids is 1. The van der Waals surface area contributed by atoms with Crippen LogP contribution in [0.3, 0.4) is 0 Å². The number of methoxy groups -OCH3 is 1. The van der Waals surface area contributed by atoms with Crippen LogP contribution in [-0.2, 0) is 26.0 Å². The Bertz CT molecular complexity index is 892. The molecule has 0 bridgehead atoms. The predicted molar refractivity (Wildman–Crippen MR) is 89.3 cm³/mol. The summed E-state index contributed by atoms with van der Waals surface area (Å²) < 4.78 is 31.5. The Balaban J connectivity index is 1.98. The third-order valence-electron chi connectivity index (χ3n) is 3.69. The molecule has 1 heterocycles. The van der Waals surface area contributed by atoms with Crippen LogP contribution in [-0.4, -0.2) is 33.4 Å². The van der Waals surface area contributed by atoms with Crippen molar-refractivity contribution in [3.63, 3.8) is 0 Å². The van der Waals surface area contributed by atoms with Crippen molar-refractivity contribution in [2.24, 2.45) is 4.99 Å². The Morgan fingerprint density at radius 1 is 1.12 bits per heavy atom. The zero-order valence-electron chi connectivity index (χ0n) is 13.0. The van der Waals surface area contributed by atoms with Gasteiger partial charge in [-0.2, -0.15) is 0 Å². The molecule has 24 heavy (non-hydrogen) atoms. The molecule has 2 aromatic carbocycles. The van der Waals surface area contributed by atoms with Gasteiger partial charge in [0, 0.05) is 12.0 Å². The number of nitrogens with zero attached hydrogens (tertiary/aromatic N) is 1. The van der Waals surface area contributed by atoms with Crippen LogP contribution < -0.4 is 4.72 Å². The van der Waals surface area contributed by atoms with Crippen molar-refractivity contribution in [3.05, 3.63) is 65.7 Å². The topological polar surface area (TPSA) is 84.8 Å². The number of sulfonamides is 1. The monoisotopic (exact) mass is 344 g/mol. The molecular formula is C17H16N2O4S. The molecule has 1 N–H and O–H groups in total. The molecule has 0 spiro atoms. The van der Waals surface area contributed by atoms with Gasteiger partial charge >= 0.3 is 5.97 Å². The van der Waals surface area contributed by atoms with Crippen LogP contribution in [0, 0.1) is 0 Å². The van der Waals surface area contributed by atoms with Gasteiger partial charge in [0.15, 0.2) is 6.04 Å². The van der Waals surface area contributed by atoms with Crippen molar-refractivity contribution in [1.82, 2.24) is 4.72 Å². The molecule has 6 nitrogen and oxygen atoms in total. The maximum Gasteiger partial charge on any atom is 0.331 e. The first-order chi connectivity index (χ1) is 11.5. The first-order valence-electron chi connectivity index (χ1n) is 7.33. The molecular weight excluding hydrogens is 328 g/mol. The average Bonchev–Trinajstić information content (AvgIpc) is 2.85. The van der Waals surface area contributed by atoms with Crippen LogP contribution in [0.1, 0.15) is 11.1 Å². The van der Waals surface area contributed by atoms with Crippen molar-refractivity contribution in [1.29, 1.82) is 0 Å². The van der Waals surface area contributed by atoms with Gasteiger partial charge in [0.25, 0.3) is 10.0 Å². The fraction of sp³-hybridized carbons (Fsp3) is 0.176. The zero-order chi connectivity index (χ0) is 17.2. The molecule has 0 aromatic heterocycles. The highest BCUT2D eigenvalue weighted by atomic mass is 32.2. The second kappa shape index (κ2) is 6.45. The van der Waals surface area contributed by atoms with Gasteiger partial charge in [-0.15, -0.1) is 0 Å². The number of nitrogens with one attached hydrogen (secondary N) is 1. The maximum absolute atomic E-state index is 12.1. The Kier molecular flexibility index (Phi) is 4.35. The van der Waals surface area contributed by atoms with Crippen LogP contribution >= 0.6 is 0 Å². The number of benzene rings is 2.